The smallest absolute Gasteiger partial charge is 0.318 e. The van der Waals surface area contributed by atoms with Crippen LogP contribution >= 0.6 is 0 Å². The standard InChI is InChI=1S/C38H48F2N8O3/c1-5-29-31(40)9-8-25-16-28(51-24-49-4)18-33(35(25)29)45-15-10-30-32(22-45)41-37(50-23-38-11-6-13-47(38)20-26(39)19-38)42-36(30)46-12-7-14-48-27(21-46)17-34(43-48)44(2)3/h8-9,16-18,26H,5-7,10-15,19-24H2,1-4H3/t26-,38+/m1/s1. The van der Waals surface area contributed by atoms with Crippen molar-refractivity contribution in [2.24, 2.45) is 0 Å². The molecule has 11 nitrogen and oxygen atoms in total. The Kier molecular flexibility index (Phi) is 9.12. The van der Waals surface area contributed by atoms with Gasteiger partial charge in [0.25, 0.3) is 0 Å². The van der Waals surface area contributed by atoms with E-state index in [9.17, 15) is 4.39 Å². The van der Waals surface area contributed by atoms with E-state index in [1.165, 1.54) is 6.07 Å². The molecule has 51 heavy (non-hydrogen) atoms. The van der Waals surface area contributed by atoms with Crippen LogP contribution in [0.4, 0.5) is 26.1 Å². The molecule has 2 atom stereocenters. The van der Waals surface area contributed by atoms with Crippen molar-refractivity contribution in [2.75, 3.05) is 75.5 Å². The van der Waals surface area contributed by atoms with Gasteiger partial charge < -0.3 is 28.9 Å². The third-order valence-corrected chi connectivity index (χ3v) is 11.2. The predicted molar refractivity (Wildman–Crippen MR) is 193 cm³/mol. The number of ether oxygens (including phenoxy) is 3. The van der Waals surface area contributed by atoms with E-state index in [1.54, 1.807) is 7.11 Å². The average molecular weight is 703 g/mol. The Balaban J connectivity index is 1.18. The summed E-state index contributed by atoms with van der Waals surface area (Å²) in [6.07, 6.45) is 3.77. The summed E-state index contributed by atoms with van der Waals surface area (Å²) in [5.41, 5.74) is 4.39. The zero-order chi connectivity index (χ0) is 35.3. The van der Waals surface area contributed by atoms with Gasteiger partial charge in [-0.05, 0) is 61.7 Å². The third kappa shape index (κ3) is 6.32. The molecule has 0 unspecified atom stereocenters. The van der Waals surface area contributed by atoms with E-state index in [2.05, 4.69) is 25.4 Å². The molecule has 272 valence electrons. The largest absolute Gasteiger partial charge is 0.467 e. The van der Waals surface area contributed by atoms with Gasteiger partial charge in [-0.15, -0.1) is 0 Å². The second-order valence-corrected chi connectivity index (χ2v) is 14.6. The van der Waals surface area contributed by atoms with Crippen LogP contribution in [0.2, 0.25) is 0 Å². The van der Waals surface area contributed by atoms with Crippen LogP contribution in [0.5, 0.6) is 11.8 Å². The highest BCUT2D eigenvalue weighted by atomic mass is 19.1. The molecule has 4 aliphatic heterocycles. The van der Waals surface area contributed by atoms with Gasteiger partial charge in [-0.25, -0.2) is 8.78 Å². The lowest BCUT2D eigenvalue weighted by molar-refractivity contribution is 0.0512. The summed E-state index contributed by atoms with van der Waals surface area (Å²) in [4.78, 5) is 19.1. The minimum atomic E-state index is -0.840. The Morgan fingerprint density at radius 1 is 1.00 bits per heavy atom. The van der Waals surface area contributed by atoms with E-state index < -0.39 is 6.17 Å². The van der Waals surface area contributed by atoms with Crippen molar-refractivity contribution in [3.05, 3.63) is 58.7 Å². The van der Waals surface area contributed by atoms with Crippen LogP contribution < -0.4 is 24.2 Å². The molecule has 0 spiro atoms. The molecular weight excluding hydrogens is 654 g/mol. The molecule has 2 aromatic heterocycles. The monoisotopic (exact) mass is 702 g/mol. The Morgan fingerprint density at radius 3 is 2.71 bits per heavy atom. The fraction of sp³-hybridized carbons (Fsp3) is 0.553. The van der Waals surface area contributed by atoms with Gasteiger partial charge >= 0.3 is 6.01 Å². The second-order valence-electron chi connectivity index (χ2n) is 14.6. The number of halogens is 2. The zero-order valence-electron chi connectivity index (χ0n) is 30.1. The first-order chi connectivity index (χ1) is 24.7. The average Bonchev–Trinajstić information content (AvgIpc) is 3.76. The Labute approximate surface area is 298 Å². The maximum atomic E-state index is 15.3. The number of alkyl halides is 1. The lowest BCUT2D eigenvalue weighted by Gasteiger charge is -2.35. The number of benzene rings is 2. The van der Waals surface area contributed by atoms with Crippen LogP contribution in [0.3, 0.4) is 0 Å². The number of methoxy groups -OCH3 is 1. The summed E-state index contributed by atoms with van der Waals surface area (Å²) in [5.74, 6) is 2.27. The van der Waals surface area contributed by atoms with Crippen LogP contribution in [0.15, 0.2) is 30.3 Å². The molecule has 2 fully saturated rings. The van der Waals surface area contributed by atoms with E-state index in [4.69, 9.17) is 29.3 Å². The molecule has 0 N–H and O–H groups in total. The first-order valence-corrected chi connectivity index (χ1v) is 18.3. The number of hydrogen-bond acceptors (Lipinski definition) is 10. The molecule has 0 bridgehead atoms. The Bertz CT molecular complexity index is 1920. The molecule has 0 radical (unpaired) electrons. The molecule has 6 heterocycles. The van der Waals surface area contributed by atoms with Gasteiger partial charge in [-0.1, -0.05) is 13.0 Å². The molecule has 0 aliphatic carbocycles. The molecule has 2 saturated heterocycles. The van der Waals surface area contributed by atoms with Crippen molar-refractivity contribution < 1.29 is 23.0 Å². The topological polar surface area (TPSA) is 84.2 Å². The highest BCUT2D eigenvalue weighted by Gasteiger charge is 2.49. The summed E-state index contributed by atoms with van der Waals surface area (Å²) >= 11 is 0. The fourth-order valence-corrected chi connectivity index (χ4v) is 8.68. The predicted octanol–water partition coefficient (Wildman–Crippen LogP) is 5.50. The summed E-state index contributed by atoms with van der Waals surface area (Å²) in [6, 6.07) is 9.77. The Hall–Kier alpha value is -4.23. The third-order valence-electron chi connectivity index (χ3n) is 11.2. The van der Waals surface area contributed by atoms with Crippen molar-refractivity contribution in [3.8, 4) is 11.8 Å². The van der Waals surface area contributed by atoms with E-state index in [1.807, 2.05) is 44.1 Å². The van der Waals surface area contributed by atoms with Crippen LogP contribution in [-0.4, -0.2) is 97.1 Å². The molecule has 2 aromatic carbocycles. The highest BCUT2D eigenvalue weighted by molar-refractivity contribution is 5.98. The molecule has 8 rings (SSSR count). The van der Waals surface area contributed by atoms with E-state index in [0.717, 1.165) is 83.9 Å². The molecule has 0 amide bonds. The van der Waals surface area contributed by atoms with Crippen molar-refractivity contribution in [3.63, 3.8) is 0 Å². The van der Waals surface area contributed by atoms with E-state index >= 15 is 4.39 Å². The number of nitrogens with zero attached hydrogens (tertiary/aromatic N) is 8. The van der Waals surface area contributed by atoms with Crippen LogP contribution in [0.25, 0.3) is 10.8 Å². The molecule has 4 aromatic rings. The van der Waals surface area contributed by atoms with E-state index in [0.29, 0.717) is 69.4 Å². The van der Waals surface area contributed by atoms with Gasteiger partial charge in [0.1, 0.15) is 36.0 Å². The SMILES string of the molecule is CCc1c(F)ccc2cc(OCOC)cc(N3CCc4c(nc(OC[C@@]56CCCN5C[C@H](F)C6)nc4N4CCCn5nc(N(C)C)cc5C4)C3)c12. The van der Waals surface area contributed by atoms with Crippen molar-refractivity contribution >= 4 is 28.1 Å². The van der Waals surface area contributed by atoms with Gasteiger partial charge in [0, 0.05) is 82.6 Å². The fourth-order valence-electron chi connectivity index (χ4n) is 8.68. The summed E-state index contributed by atoms with van der Waals surface area (Å²) in [5, 5.41) is 6.64. The van der Waals surface area contributed by atoms with Gasteiger partial charge in [0.2, 0.25) is 0 Å². The van der Waals surface area contributed by atoms with Crippen LogP contribution in [0.1, 0.15) is 55.1 Å². The highest BCUT2D eigenvalue weighted by Crippen LogP contribution is 2.42. The Morgan fingerprint density at radius 2 is 1.88 bits per heavy atom. The lowest BCUT2D eigenvalue weighted by atomic mass is 9.95. The van der Waals surface area contributed by atoms with Crippen molar-refractivity contribution in [2.45, 2.75) is 76.8 Å². The number of fused-ring (bicyclic) bond motifs is 4. The lowest BCUT2D eigenvalue weighted by Crippen LogP contribution is -2.43. The maximum absolute atomic E-state index is 15.3. The maximum Gasteiger partial charge on any atom is 0.318 e. The number of hydrogen-bond donors (Lipinski definition) is 0. The van der Waals surface area contributed by atoms with Gasteiger partial charge in [-0.2, -0.15) is 15.1 Å². The summed E-state index contributed by atoms with van der Waals surface area (Å²) in [7, 11) is 5.62. The number of anilines is 3. The van der Waals surface area contributed by atoms with Crippen molar-refractivity contribution in [1.29, 1.82) is 0 Å². The number of rotatable bonds is 10. The normalized spacial score (nSPS) is 21.8. The zero-order valence-corrected chi connectivity index (χ0v) is 30.1. The quantitative estimate of drug-likeness (QED) is 0.198. The van der Waals surface area contributed by atoms with Gasteiger partial charge in [-0.3, -0.25) is 9.58 Å². The number of aryl methyl sites for hydroxylation is 2. The van der Waals surface area contributed by atoms with Crippen LogP contribution in [0, 0.1) is 5.82 Å². The molecular formula is C38H48F2N8O3. The summed E-state index contributed by atoms with van der Waals surface area (Å²) in [6.45, 7) is 7.31. The minimum absolute atomic E-state index is 0.111. The molecule has 0 saturated carbocycles. The van der Waals surface area contributed by atoms with E-state index in [-0.39, 0.29) is 18.1 Å². The first-order valence-electron chi connectivity index (χ1n) is 18.3. The summed E-state index contributed by atoms with van der Waals surface area (Å²) < 4.78 is 49.7. The molecule has 13 heteroatoms. The number of aromatic nitrogens is 4. The molecule has 4 aliphatic rings. The van der Waals surface area contributed by atoms with Crippen molar-refractivity contribution in [1.82, 2.24) is 24.6 Å². The second kappa shape index (κ2) is 13.7. The van der Waals surface area contributed by atoms with Gasteiger partial charge in [0.05, 0.1) is 30.0 Å². The minimum Gasteiger partial charge on any atom is -0.467 e. The first kappa shape index (κ1) is 33.9. The van der Waals surface area contributed by atoms with Gasteiger partial charge in [0.15, 0.2) is 6.79 Å². The van der Waals surface area contributed by atoms with Crippen LogP contribution in [-0.2, 0) is 37.2 Å².